The minimum absolute atomic E-state index is 0.0298. The maximum absolute atomic E-state index is 12.5. The second-order valence-electron chi connectivity index (χ2n) is 5.97. The van der Waals surface area contributed by atoms with E-state index in [9.17, 15) is 18.0 Å². The second-order valence-corrected chi connectivity index (χ2v) is 8.20. The van der Waals surface area contributed by atoms with Crippen molar-refractivity contribution < 1.29 is 27.5 Å². The number of nitrogens with one attached hydrogen (secondary N) is 1. The van der Waals surface area contributed by atoms with E-state index in [1.54, 1.807) is 0 Å². The number of carbonyl (C=O) groups excluding carboxylic acids is 2. The van der Waals surface area contributed by atoms with Gasteiger partial charge in [0.1, 0.15) is 0 Å². The molecule has 1 fully saturated rings. The number of nitrogens with zero attached hydrogens (tertiary/aromatic N) is 2. The highest BCUT2D eigenvalue weighted by atomic mass is 32.2. The number of hydrogen-bond acceptors (Lipinski definition) is 7. The molecule has 24 heavy (non-hydrogen) atoms. The zero-order chi connectivity index (χ0) is 18.3. The van der Waals surface area contributed by atoms with Crippen LogP contribution in [0.25, 0.3) is 0 Å². The maximum atomic E-state index is 12.5. The topological polar surface area (TPSA) is 105 Å². The number of likely N-dealkylation sites (N-methyl/N-ethyl adjacent to an activating group) is 1. The standard InChI is InChI=1S/C14H27N3O6S/c1-16(2)6-7-17(11-5-8-24(20,21)10-11)14(19)13(18)15-9-12(22-3)23-4/h11-12H,5-10H2,1-4H3,(H,15,18). The van der Waals surface area contributed by atoms with Crippen LogP contribution in [0.3, 0.4) is 0 Å². The van der Waals surface area contributed by atoms with Crippen LogP contribution in [0.15, 0.2) is 0 Å². The number of carbonyl (C=O) groups is 2. The van der Waals surface area contributed by atoms with Crippen LogP contribution >= 0.6 is 0 Å². The summed E-state index contributed by atoms with van der Waals surface area (Å²) in [6.45, 7) is 0.855. The van der Waals surface area contributed by atoms with Gasteiger partial charge in [-0.1, -0.05) is 0 Å². The Kier molecular flexibility index (Phi) is 8.07. The van der Waals surface area contributed by atoms with Gasteiger partial charge in [-0.25, -0.2) is 8.42 Å². The summed E-state index contributed by atoms with van der Waals surface area (Å²) >= 11 is 0. The molecule has 1 aliphatic heterocycles. The average Bonchev–Trinajstić information content (AvgIpc) is 2.87. The normalized spacial score (nSPS) is 19.7. The lowest BCUT2D eigenvalue weighted by molar-refractivity contribution is -0.149. The number of rotatable bonds is 8. The molecule has 9 nitrogen and oxygen atoms in total. The van der Waals surface area contributed by atoms with E-state index in [2.05, 4.69) is 5.32 Å². The van der Waals surface area contributed by atoms with Crippen molar-refractivity contribution in [2.75, 3.05) is 59.5 Å². The Balaban J connectivity index is 2.74. The van der Waals surface area contributed by atoms with E-state index in [0.29, 0.717) is 13.0 Å². The van der Waals surface area contributed by atoms with Crippen molar-refractivity contribution in [2.45, 2.75) is 18.8 Å². The third kappa shape index (κ3) is 6.34. The summed E-state index contributed by atoms with van der Waals surface area (Å²) in [6, 6.07) is -0.464. The largest absolute Gasteiger partial charge is 0.354 e. The van der Waals surface area contributed by atoms with Gasteiger partial charge in [-0.2, -0.15) is 0 Å². The van der Waals surface area contributed by atoms with Crippen LogP contribution in [0.4, 0.5) is 0 Å². The summed E-state index contributed by atoms with van der Waals surface area (Å²) in [5, 5.41) is 2.45. The molecular weight excluding hydrogens is 338 g/mol. The predicted octanol–water partition coefficient (Wildman–Crippen LogP) is -1.70. The van der Waals surface area contributed by atoms with E-state index in [4.69, 9.17) is 9.47 Å². The molecule has 1 rings (SSSR count). The minimum atomic E-state index is -3.15. The van der Waals surface area contributed by atoms with Crippen molar-refractivity contribution in [3.63, 3.8) is 0 Å². The number of ether oxygens (including phenoxy) is 2. The van der Waals surface area contributed by atoms with Gasteiger partial charge in [-0.05, 0) is 20.5 Å². The number of hydrogen-bond donors (Lipinski definition) is 1. The van der Waals surface area contributed by atoms with Gasteiger partial charge in [0.05, 0.1) is 18.1 Å². The van der Waals surface area contributed by atoms with Crippen molar-refractivity contribution in [1.29, 1.82) is 0 Å². The molecule has 0 aromatic carbocycles. The third-order valence-corrected chi connectivity index (χ3v) is 5.60. The molecule has 2 amide bonds. The van der Waals surface area contributed by atoms with Gasteiger partial charge in [-0.15, -0.1) is 0 Å². The maximum Gasteiger partial charge on any atom is 0.312 e. The van der Waals surface area contributed by atoms with Gasteiger partial charge >= 0.3 is 11.8 Å². The Morgan fingerprint density at radius 1 is 1.21 bits per heavy atom. The summed E-state index contributed by atoms with van der Waals surface area (Å²) < 4.78 is 33.3. The van der Waals surface area contributed by atoms with E-state index in [1.807, 2.05) is 19.0 Å². The molecule has 0 bridgehead atoms. The highest BCUT2D eigenvalue weighted by Crippen LogP contribution is 2.18. The highest BCUT2D eigenvalue weighted by molar-refractivity contribution is 7.91. The molecule has 1 saturated heterocycles. The Hall–Kier alpha value is -1.23. The predicted molar refractivity (Wildman–Crippen MR) is 88.1 cm³/mol. The zero-order valence-corrected chi connectivity index (χ0v) is 15.5. The molecule has 1 N–H and O–H groups in total. The fourth-order valence-electron chi connectivity index (χ4n) is 2.42. The van der Waals surface area contributed by atoms with Crippen molar-refractivity contribution in [2.24, 2.45) is 0 Å². The average molecular weight is 365 g/mol. The zero-order valence-electron chi connectivity index (χ0n) is 14.6. The summed E-state index contributed by atoms with van der Waals surface area (Å²) in [6.07, 6.45) is -0.295. The first-order valence-corrected chi connectivity index (χ1v) is 9.52. The van der Waals surface area contributed by atoms with Gasteiger partial charge in [0.15, 0.2) is 16.1 Å². The first kappa shape index (κ1) is 20.8. The summed E-state index contributed by atoms with van der Waals surface area (Å²) in [7, 11) is 3.39. The van der Waals surface area contributed by atoms with Gasteiger partial charge < -0.3 is 24.6 Å². The number of sulfone groups is 1. The van der Waals surface area contributed by atoms with Crippen molar-refractivity contribution in [1.82, 2.24) is 15.1 Å². The van der Waals surface area contributed by atoms with Crippen LogP contribution in [0.5, 0.6) is 0 Å². The number of methoxy groups -OCH3 is 2. The molecule has 10 heteroatoms. The van der Waals surface area contributed by atoms with Crippen molar-refractivity contribution in [3.8, 4) is 0 Å². The Morgan fingerprint density at radius 3 is 2.29 bits per heavy atom. The van der Waals surface area contributed by atoms with E-state index in [0.717, 1.165) is 0 Å². The summed E-state index contributed by atoms with van der Waals surface area (Å²) in [5.74, 6) is -1.58. The second kappa shape index (κ2) is 9.30. The molecular formula is C14H27N3O6S. The lowest BCUT2D eigenvalue weighted by Gasteiger charge is -2.29. The fourth-order valence-corrected chi connectivity index (χ4v) is 4.15. The van der Waals surface area contributed by atoms with Crippen molar-refractivity contribution >= 4 is 21.7 Å². The SMILES string of the molecule is COC(CNC(=O)C(=O)N(CCN(C)C)C1CCS(=O)(=O)C1)OC. The smallest absolute Gasteiger partial charge is 0.312 e. The summed E-state index contributed by atoms with van der Waals surface area (Å²) in [4.78, 5) is 27.8. The molecule has 1 heterocycles. The van der Waals surface area contributed by atoms with Crippen LogP contribution in [0, 0.1) is 0 Å². The van der Waals surface area contributed by atoms with Crippen LogP contribution in [0.2, 0.25) is 0 Å². The lowest BCUT2D eigenvalue weighted by atomic mass is 10.2. The summed E-state index contributed by atoms with van der Waals surface area (Å²) in [5.41, 5.74) is 0. The van der Waals surface area contributed by atoms with E-state index in [-0.39, 0.29) is 24.6 Å². The molecule has 0 aliphatic carbocycles. The molecule has 0 spiro atoms. The first-order chi connectivity index (χ1) is 11.2. The molecule has 0 aromatic rings. The minimum Gasteiger partial charge on any atom is -0.354 e. The molecule has 0 saturated carbocycles. The number of amides is 2. The van der Waals surface area contributed by atoms with Crippen LogP contribution < -0.4 is 5.32 Å². The third-order valence-electron chi connectivity index (χ3n) is 3.85. The van der Waals surface area contributed by atoms with E-state index < -0.39 is 34.0 Å². The Bertz CT molecular complexity index is 533. The van der Waals surface area contributed by atoms with Gasteiger partial charge in [-0.3, -0.25) is 9.59 Å². The van der Waals surface area contributed by atoms with E-state index in [1.165, 1.54) is 19.1 Å². The molecule has 140 valence electrons. The molecule has 1 aliphatic rings. The quantitative estimate of drug-likeness (QED) is 0.404. The highest BCUT2D eigenvalue weighted by Gasteiger charge is 2.36. The monoisotopic (exact) mass is 365 g/mol. The fraction of sp³-hybridized carbons (Fsp3) is 0.857. The van der Waals surface area contributed by atoms with Gasteiger partial charge in [0, 0.05) is 33.4 Å². The Labute approximate surface area is 143 Å². The van der Waals surface area contributed by atoms with Gasteiger partial charge in [0.2, 0.25) is 0 Å². The van der Waals surface area contributed by atoms with Crippen LogP contribution in [-0.4, -0.2) is 102 Å². The van der Waals surface area contributed by atoms with Crippen LogP contribution in [-0.2, 0) is 28.9 Å². The Morgan fingerprint density at radius 2 is 1.83 bits per heavy atom. The molecule has 1 unspecified atom stereocenters. The lowest BCUT2D eigenvalue weighted by Crippen LogP contribution is -2.51. The molecule has 0 radical (unpaired) electrons. The first-order valence-electron chi connectivity index (χ1n) is 7.69. The van der Waals surface area contributed by atoms with Crippen LogP contribution in [0.1, 0.15) is 6.42 Å². The van der Waals surface area contributed by atoms with E-state index >= 15 is 0 Å². The molecule has 0 aromatic heterocycles. The van der Waals surface area contributed by atoms with Gasteiger partial charge in [0.25, 0.3) is 0 Å². The van der Waals surface area contributed by atoms with Crippen molar-refractivity contribution in [3.05, 3.63) is 0 Å². The molecule has 1 atom stereocenters.